The first kappa shape index (κ1) is 15.2. The monoisotopic (exact) mass is 316 g/mol. The lowest BCUT2D eigenvalue weighted by atomic mass is 10.1. The molecule has 0 spiro atoms. The Morgan fingerprint density at radius 1 is 1.26 bits per heavy atom. The van der Waals surface area contributed by atoms with Crippen molar-refractivity contribution in [3.63, 3.8) is 0 Å². The predicted molar refractivity (Wildman–Crippen MR) is 83.8 cm³/mol. The molecule has 1 aliphatic heterocycles. The first-order valence-corrected chi connectivity index (χ1v) is 7.35. The predicted octanol–water partition coefficient (Wildman–Crippen LogP) is 1.62. The molecule has 7 heteroatoms. The van der Waals surface area contributed by atoms with Gasteiger partial charge in [0.25, 0.3) is 0 Å². The second-order valence-electron chi connectivity index (χ2n) is 5.18. The van der Waals surface area contributed by atoms with Crippen LogP contribution in [-0.4, -0.2) is 42.6 Å². The van der Waals surface area contributed by atoms with Crippen LogP contribution in [0.1, 0.15) is 6.42 Å². The molecule has 1 aromatic carbocycles. The van der Waals surface area contributed by atoms with Crippen LogP contribution < -0.4 is 15.0 Å². The zero-order chi connectivity index (χ0) is 16.2. The minimum atomic E-state index is -0.434. The van der Waals surface area contributed by atoms with Crippen LogP contribution in [0.2, 0.25) is 0 Å². The van der Waals surface area contributed by atoms with Gasteiger partial charge in [0.15, 0.2) is 11.6 Å². The van der Waals surface area contributed by atoms with Gasteiger partial charge in [-0.2, -0.15) is 0 Å². The zero-order valence-electron chi connectivity index (χ0n) is 12.8. The van der Waals surface area contributed by atoms with Crippen molar-refractivity contribution in [3.05, 3.63) is 36.4 Å². The van der Waals surface area contributed by atoms with Gasteiger partial charge in [0.2, 0.25) is 11.9 Å². The van der Waals surface area contributed by atoms with E-state index in [4.69, 9.17) is 4.74 Å². The molecule has 1 N–H and O–H groups in total. The number of amides is 1. The van der Waals surface area contributed by atoms with E-state index in [9.17, 15) is 9.18 Å². The minimum absolute atomic E-state index is 0.0302. The van der Waals surface area contributed by atoms with Gasteiger partial charge >= 0.3 is 0 Å². The summed E-state index contributed by atoms with van der Waals surface area (Å²) in [5.41, 5.74) is 0.970. The number of halogens is 1. The highest BCUT2D eigenvalue weighted by atomic mass is 19.1. The minimum Gasteiger partial charge on any atom is -0.494 e. The maximum Gasteiger partial charge on any atom is 0.225 e. The van der Waals surface area contributed by atoms with Crippen LogP contribution in [0.4, 0.5) is 10.3 Å². The number of anilines is 1. The molecule has 0 saturated carbocycles. The van der Waals surface area contributed by atoms with Crippen molar-refractivity contribution in [2.45, 2.75) is 6.42 Å². The molecule has 2 aromatic rings. The summed E-state index contributed by atoms with van der Waals surface area (Å²) in [5, 5.41) is 2.80. The lowest BCUT2D eigenvalue weighted by Gasteiger charge is -2.19. The van der Waals surface area contributed by atoms with E-state index in [0.717, 1.165) is 0 Å². The van der Waals surface area contributed by atoms with Crippen molar-refractivity contribution < 1.29 is 13.9 Å². The van der Waals surface area contributed by atoms with E-state index in [2.05, 4.69) is 15.3 Å². The molecule has 1 fully saturated rings. The van der Waals surface area contributed by atoms with Gasteiger partial charge in [-0.05, 0) is 6.07 Å². The molecule has 2 heterocycles. The smallest absolute Gasteiger partial charge is 0.225 e. The average molecular weight is 316 g/mol. The molecule has 1 aliphatic rings. The number of nitrogens with one attached hydrogen (secondary N) is 1. The van der Waals surface area contributed by atoms with E-state index >= 15 is 0 Å². The fourth-order valence-electron chi connectivity index (χ4n) is 2.48. The topological polar surface area (TPSA) is 67.3 Å². The molecule has 6 nitrogen and oxygen atoms in total. The Balaban J connectivity index is 1.83. The Hall–Kier alpha value is -2.70. The van der Waals surface area contributed by atoms with Gasteiger partial charge < -0.3 is 15.0 Å². The van der Waals surface area contributed by atoms with E-state index in [1.54, 1.807) is 30.6 Å². The molecule has 0 bridgehead atoms. The maximum atomic E-state index is 14.3. The van der Waals surface area contributed by atoms with Crippen molar-refractivity contribution in [1.82, 2.24) is 15.3 Å². The Labute approximate surface area is 133 Å². The number of benzene rings is 1. The molecule has 1 amide bonds. The van der Waals surface area contributed by atoms with E-state index < -0.39 is 5.82 Å². The Kier molecular flexibility index (Phi) is 4.36. The molecule has 0 atom stereocenters. The number of nitrogens with zero attached hydrogens (tertiary/aromatic N) is 3. The van der Waals surface area contributed by atoms with Crippen molar-refractivity contribution in [1.29, 1.82) is 0 Å². The second kappa shape index (κ2) is 6.60. The van der Waals surface area contributed by atoms with Gasteiger partial charge in [-0.25, -0.2) is 14.4 Å². The van der Waals surface area contributed by atoms with E-state index in [-0.39, 0.29) is 11.7 Å². The third-order valence-corrected chi connectivity index (χ3v) is 3.73. The average Bonchev–Trinajstić information content (AvgIpc) is 2.80. The summed E-state index contributed by atoms with van der Waals surface area (Å²) in [7, 11) is 1.43. The summed E-state index contributed by atoms with van der Waals surface area (Å²) in [5.74, 6) is 0.315. The number of carbonyl (C=O) groups is 1. The molecule has 1 aromatic heterocycles. The number of methoxy groups -OCH3 is 1. The van der Waals surface area contributed by atoms with Crippen LogP contribution in [0.25, 0.3) is 11.1 Å². The molecule has 1 saturated heterocycles. The molecule has 120 valence electrons. The largest absolute Gasteiger partial charge is 0.494 e. The number of rotatable bonds is 3. The Morgan fingerprint density at radius 3 is 2.78 bits per heavy atom. The zero-order valence-corrected chi connectivity index (χ0v) is 12.8. The van der Waals surface area contributed by atoms with Crippen LogP contribution >= 0.6 is 0 Å². The van der Waals surface area contributed by atoms with Crippen LogP contribution in [0.3, 0.4) is 0 Å². The third-order valence-electron chi connectivity index (χ3n) is 3.73. The third kappa shape index (κ3) is 3.23. The Morgan fingerprint density at radius 2 is 2.04 bits per heavy atom. The summed E-state index contributed by atoms with van der Waals surface area (Å²) < 4.78 is 19.3. The fourth-order valence-corrected chi connectivity index (χ4v) is 2.48. The van der Waals surface area contributed by atoms with Gasteiger partial charge in [0.1, 0.15) is 0 Å². The summed E-state index contributed by atoms with van der Waals surface area (Å²) in [6, 6.07) is 4.94. The van der Waals surface area contributed by atoms with Gasteiger partial charge in [-0.3, -0.25) is 4.79 Å². The van der Waals surface area contributed by atoms with Gasteiger partial charge in [-0.15, -0.1) is 0 Å². The maximum absolute atomic E-state index is 14.3. The SMILES string of the molecule is COc1cccc(-c2cnc(N3CCNC(=O)CC3)nc2)c1F. The second-order valence-corrected chi connectivity index (χ2v) is 5.18. The fraction of sp³-hybridized carbons (Fsp3) is 0.312. The van der Waals surface area contributed by atoms with E-state index in [0.29, 0.717) is 43.1 Å². The number of hydrogen-bond acceptors (Lipinski definition) is 5. The number of carbonyl (C=O) groups excluding carboxylic acids is 1. The standard InChI is InChI=1S/C16H17FN4O2/c1-23-13-4-2-3-12(15(13)17)11-9-19-16(20-10-11)21-7-5-14(22)18-6-8-21/h2-4,9-10H,5-8H2,1H3,(H,18,22). The molecule has 23 heavy (non-hydrogen) atoms. The van der Waals surface area contributed by atoms with Gasteiger partial charge in [0, 0.05) is 49.6 Å². The summed E-state index contributed by atoms with van der Waals surface area (Å²) in [6.07, 6.45) is 3.58. The number of hydrogen-bond donors (Lipinski definition) is 1. The lowest BCUT2D eigenvalue weighted by Crippen LogP contribution is -2.29. The van der Waals surface area contributed by atoms with E-state index in [1.165, 1.54) is 7.11 Å². The first-order valence-electron chi connectivity index (χ1n) is 7.35. The molecule has 0 radical (unpaired) electrons. The molecular formula is C16H17FN4O2. The van der Waals surface area contributed by atoms with Crippen molar-refractivity contribution >= 4 is 11.9 Å². The lowest BCUT2D eigenvalue weighted by molar-refractivity contribution is -0.120. The Bertz CT molecular complexity index is 706. The van der Waals surface area contributed by atoms with Crippen molar-refractivity contribution in [2.75, 3.05) is 31.6 Å². The highest BCUT2D eigenvalue weighted by Gasteiger charge is 2.16. The van der Waals surface area contributed by atoms with Crippen LogP contribution in [0.15, 0.2) is 30.6 Å². The molecule has 0 aliphatic carbocycles. The first-order chi connectivity index (χ1) is 11.2. The van der Waals surface area contributed by atoms with Crippen molar-refractivity contribution in [2.24, 2.45) is 0 Å². The summed E-state index contributed by atoms with van der Waals surface area (Å²) in [4.78, 5) is 21.9. The highest BCUT2D eigenvalue weighted by Crippen LogP contribution is 2.28. The van der Waals surface area contributed by atoms with Gasteiger partial charge in [0.05, 0.1) is 7.11 Å². The highest BCUT2D eigenvalue weighted by molar-refractivity contribution is 5.77. The van der Waals surface area contributed by atoms with Crippen molar-refractivity contribution in [3.8, 4) is 16.9 Å². The quantitative estimate of drug-likeness (QED) is 0.932. The molecular weight excluding hydrogens is 299 g/mol. The number of aromatic nitrogens is 2. The molecule has 0 unspecified atom stereocenters. The van der Waals surface area contributed by atoms with Crippen LogP contribution in [0, 0.1) is 5.82 Å². The number of ether oxygens (including phenoxy) is 1. The summed E-state index contributed by atoms with van der Waals surface area (Å²) >= 11 is 0. The van der Waals surface area contributed by atoms with Gasteiger partial charge in [-0.1, -0.05) is 12.1 Å². The van der Waals surface area contributed by atoms with Crippen LogP contribution in [0.5, 0.6) is 5.75 Å². The van der Waals surface area contributed by atoms with E-state index in [1.807, 2.05) is 4.90 Å². The summed E-state index contributed by atoms with van der Waals surface area (Å²) in [6.45, 7) is 1.78. The normalized spacial score (nSPS) is 15.0. The van der Waals surface area contributed by atoms with Crippen LogP contribution in [-0.2, 0) is 4.79 Å². The molecule has 3 rings (SSSR count).